The predicted molar refractivity (Wildman–Crippen MR) is 86.9 cm³/mol. The van der Waals surface area contributed by atoms with Gasteiger partial charge in [-0.3, -0.25) is 10.1 Å². The molecule has 4 rings (SSSR count). The standard InChI is InChI=1S/C18H14N2O4/c21-18(16-11-22-14-8-4-5-9-15(14)23-16)19-17-10-13(20-24-17)12-6-2-1-3-7-12/h1-10,16H,11H2,(H,19,21). The highest BCUT2D eigenvalue weighted by atomic mass is 16.6. The van der Waals surface area contributed by atoms with Crippen molar-refractivity contribution in [3.8, 4) is 22.8 Å². The van der Waals surface area contributed by atoms with Crippen LogP contribution in [0.4, 0.5) is 5.88 Å². The maximum Gasteiger partial charge on any atom is 0.271 e. The number of para-hydroxylation sites is 2. The molecule has 1 atom stereocenters. The van der Waals surface area contributed by atoms with E-state index in [0.717, 1.165) is 5.56 Å². The second kappa shape index (κ2) is 6.08. The molecule has 3 aromatic rings. The summed E-state index contributed by atoms with van der Waals surface area (Å²) < 4.78 is 16.4. The fourth-order valence-corrected chi connectivity index (χ4v) is 2.43. The minimum atomic E-state index is -0.745. The Morgan fingerprint density at radius 3 is 2.62 bits per heavy atom. The van der Waals surface area contributed by atoms with Crippen LogP contribution in [0.5, 0.6) is 11.5 Å². The number of anilines is 1. The van der Waals surface area contributed by atoms with Crippen LogP contribution in [0.2, 0.25) is 0 Å². The number of carbonyl (C=O) groups excluding carboxylic acids is 1. The van der Waals surface area contributed by atoms with Gasteiger partial charge in [-0.15, -0.1) is 0 Å². The lowest BCUT2D eigenvalue weighted by Crippen LogP contribution is -2.40. The molecule has 1 amide bonds. The highest BCUT2D eigenvalue weighted by Crippen LogP contribution is 2.31. The lowest BCUT2D eigenvalue weighted by Gasteiger charge is -2.25. The molecule has 6 heteroatoms. The Labute approximate surface area is 138 Å². The van der Waals surface area contributed by atoms with E-state index in [1.807, 2.05) is 42.5 Å². The average molecular weight is 322 g/mol. The molecule has 6 nitrogen and oxygen atoms in total. The van der Waals surface area contributed by atoms with Crippen LogP contribution in [0, 0.1) is 0 Å². The van der Waals surface area contributed by atoms with Gasteiger partial charge < -0.3 is 14.0 Å². The minimum Gasteiger partial charge on any atom is -0.485 e. The molecule has 1 unspecified atom stereocenters. The van der Waals surface area contributed by atoms with Crippen molar-refractivity contribution < 1.29 is 18.8 Å². The first kappa shape index (κ1) is 14.3. The van der Waals surface area contributed by atoms with Gasteiger partial charge >= 0.3 is 0 Å². The molecular formula is C18H14N2O4. The summed E-state index contributed by atoms with van der Waals surface area (Å²) in [5.41, 5.74) is 1.56. The quantitative estimate of drug-likeness (QED) is 0.802. The number of ether oxygens (including phenoxy) is 2. The van der Waals surface area contributed by atoms with Crippen LogP contribution >= 0.6 is 0 Å². The molecule has 0 radical (unpaired) electrons. The monoisotopic (exact) mass is 322 g/mol. The molecule has 0 aliphatic carbocycles. The van der Waals surface area contributed by atoms with Crippen LogP contribution < -0.4 is 14.8 Å². The molecule has 2 heterocycles. The average Bonchev–Trinajstić information content (AvgIpc) is 3.10. The smallest absolute Gasteiger partial charge is 0.271 e. The van der Waals surface area contributed by atoms with Crippen LogP contribution in [-0.4, -0.2) is 23.8 Å². The third kappa shape index (κ3) is 2.81. The molecule has 1 aliphatic heterocycles. The zero-order valence-corrected chi connectivity index (χ0v) is 12.6. The van der Waals surface area contributed by atoms with Gasteiger partial charge in [-0.1, -0.05) is 47.6 Å². The minimum absolute atomic E-state index is 0.141. The summed E-state index contributed by atoms with van der Waals surface area (Å²) >= 11 is 0. The highest BCUT2D eigenvalue weighted by molar-refractivity contribution is 5.94. The molecule has 0 saturated heterocycles. The summed E-state index contributed by atoms with van der Waals surface area (Å²) in [5.74, 6) is 1.10. The second-order valence-corrected chi connectivity index (χ2v) is 5.30. The zero-order valence-electron chi connectivity index (χ0n) is 12.6. The fourth-order valence-electron chi connectivity index (χ4n) is 2.43. The van der Waals surface area contributed by atoms with Gasteiger partial charge in [0.15, 0.2) is 11.5 Å². The lowest BCUT2D eigenvalue weighted by molar-refractivity contribution is -0.125. The Kier molecular flexibility index (Phi) is 3.63. The van der Waals surface area contributed by atoms with E-state index in [0.29, 0.717) is 17.2 Å². The van der Waals surface area contributed by atoms with Crippen LogP contribution in [-0.2, 0) is 4.79 Å². The first-order chi connectivity index (χ1) is 11.8. The van der Waals surface area contributed by atoms with Gasteiger partial charge in [0.05, 0.1) is 0 Å². The van der Waals surface area contributed by atoms with Crippen molar-refractivity contribution in [2.24, 2.45) is 0 Å². The van der Waals surface area contributed by atoms with Crippen molar-refractivity contribution in [1.82, 2.24) is 5.16 Å². The highest BCUT2D eigenvalue weighted by Gasteiger charge is 2.28. The zero-order chi connectivity index (χ0) is 16.4. The number of nitrogens with one attached hydrogen (secondary N) is 1. The van der Waals surface area contributed by atoms with E-state index in [9.17, 15) is 4.79 Å². The third-order valence-corrected chi connectivity index (χ3v) is 3.63. The van der Waals surface area contributed by atoms with Crippen LogP contribution in [0.15, 0.2) is 65.2 Å². The van der Waals surface area contributed by atoms with Gasteiger partial charge in [-0.25, -0.2) is 0 Å². The van der Waals surface area contributed by atoms with Gasteiger partial charge in [0.1, 0.15) is 12.3 Å². The summed E-state index contributed by atoms with van der Waals surface area (Å²) in [6.45, 7) is 0.141. The van der Waals surface area contributed by atoms with Crippen molar-refractivity contribution in [1.29, 1.82) is 0 Å². The predicted octanol–water partition coefficient (Wildman–Crippen LogP) is 3.12. The number of hydrogen-bond acceptors (Lipinski definition) is 5. The van der Waals surface area contributed by atoms with E-state index >= 15 is 0 Å². The largest absolute Gasteiger partial charge is 0.485 e. The molecule has 1 N–H and O–H groups in total. The number of benzene rings is 2. The molecule has 0 saturated carbocycles. The summed E-state index contributed by atoms with van der Waals surface area (Å²) in [6.07, 6.45) is -0.745. The Hall–Kier alpha value is -3.28. The van der Waals surface area contributed by atoms with E-state index in [4.69, 9.17) is 14.0 Å². The molecule has 1 aromatic heterocycles. The van der Waals surface area contributed by atoms with Gasteiger partial charge in [0.25, 0.3) is 5.91 Å². The Bertz CT molecular complexity index is 860. The van der Waals surface area contributed by atoms with Crippen LogP contribution in [0.25, 0.3) is 11.3 Å². The number of fused-ring (bicyclic) bond motifs is 1. The fraction of sp³-hybridized carbons (Fsp3) is 0.111. The number of nitrogens with zero attached hydrogens (tertiary/aromatic N) is 1. The molecule has 1 aliphatic rings. The number of aromatic nitrogens is 1. The molecule has 0 spiro atoms. The molecule has 2 aromatic carbocycles. The maximum atomic E-state index is 12.3. The topological polar surface area (TPSA) is 73.6 Å². The van der Waals surface area contributed by atoms with Crippen molar-refractivity contribution in [2.45, 2.75) is 6.10 Å². The number of carbonyl (C=O) groups is 1. The van der Waals surface area contributed by atoms with E-state index in [-0.39, 0.29) is 18.4 Å². The van der Waals surface area contributed by atoms with Crippen molar-refractivity contribution in [2.75, 3.05) is 11.9 Å². The molecule has 120 valence electrons. The summed E-state index contributed by atoms with van der Waals surface area (Å²) in [7, 11) is 0. The number of hydrogen-bond donors (Lipinski definition) is 1. The van der Waals surface area contributed by atoms with Crippen LogP contribution in [0.3, 0.4) is 0 Å². The summed E-state index contributed by atoms with van der Waals surface area (Å²) in [5, 5.41) is 6.62. The van der Waals surface area contributed by atoms with E-state index in [2.05, 4.69) is 10.5 Å². The molecule has 0 bridgehead atoms. The summed E-state index contributed by atoms with van der Waals surface area (Å²) in [4.78, 5) is 12.3. The van der Waals surface area contributed by atoms with E-state index in [1.54, 1.807) is 18.2 Å². The van der Waals surface area contributed by atoms with E-state index in [1.165, 1.54) is 0 Å². The normalized spacial score (nSPS) is 15.8. The second-order valence-electron chi connectivity index (χ2n) is 5.30. The Morgan fingerprint density at radius 1 is 1.04 bits per heavy atom. The van der Waals surface area contributed by atoms with Crippen molar-refractivity contribution in [3.63, 3.8) is 0 Å². The van der Waals surface area contributed by atoms with Gasteiger partial charge in [0, 0.05) is 11.6 Å². The Morgan fingerprint density at radius 2 is 1.79 bits per heavy atom. The van der Waals surface area contributed by atoms with Crippen molar-refractivity contribution >= 4 is 11.8 Å². The third-order valence-electron chi connectivity index (χ3n) is 3.63. The molecule has 24 heavy (non-hydrogen) atoms. The first-order valence-corrected chi connectivity index (χ1v) is 7.51. The Balaban J connectivity index is 1.45. The summed E-state index contributed by atoms with van der Waals surface area (Å²) in [6, 6.07) is 18.5. The van der Waals surface area contributed by atoms with Crippen LogP contribution in [0.1, 0.15) is 0 Å². The van der Waals surface area contributed by atoms with Crippen molar-refractivity contribution in [3.05, 3.63) is 60.7 Å². The van der Waals surface area contributed by atoms with E-state index < -0.39 is 6.10 Å². The van der Waals surface area contributed by atoms with Gasteiger partial charge in [-0.2, -0.15) is 0 Å². The number of rotatable bonds is 3. The number of amides is 1. The SMILES string of the molecule is O=C(Nc1cc(-c2ccccc2)no1)C1COc2ccccc2O1. The first-order valence-electron chi connectivity index (χ1n) is 7.51. The van der Waals surface area contributed by atoms with Gasteiger partial charge in [0.2, 0.25) is 12.0 Å². The van der Waals surface area contributed by atoms with Gasteiger partial charge in [-0.05, 0) is 12.1 Å². The maximum absolute atomic E-state index is 12.3. The molecular weight excluding hydrogens is 308 g/mol. The lowest BCUT2D eigenvalue weighted by atomic mass is 10.1. The molecule has 0 fully saturated rings.